The van der Waals surface area contributed by atoms with Crippen molar-refractivity contribution in [1.29, 1.82) is 0 Å². The highest BCUT2D eigenvalue weighted by molar-refractivity contribution is 6.35. The van der Waals surface area contributed by atoms with Crippen LogP contribution in [0.1, 0.15) is 36.0 Å². The van der Waals surface area contributed by atoms with E-state index in [9.17, 15) is 9.59 Å². The number of carbonyl (C=O) groups excluding carboxylic acids is 2. The molecule has 114 valence electrons. The van der Waals surface area contributed by atoms with Gasteiger partial charge < -0.3 is 9.64 Å². The molecule has 0 aliphatic carbocycles. The predicted molar refractivity (Wildman–Crippen MR) is 81.8 cm³/mol. The van der Waals surface area contributed by atoms with E-state index in [-0.39, 0.29) is 24.3 Å². The van der Waals surface area contributed by atoms with Gasteiger partial charge in [-0.2, -0.15) is 0 Å². The van der Waals surface area contributed by atoms with Gasteiger partial charge in [0.2, 0.25) is 0 Å². The fourth-order valence-corrected chi connectivity index (χ4v) is 3.13. The number of likely N-dealkylation sites (tertiary alicyclic amines) is 1. The van der Waals surface area contributed by atoms with Crippen LogP contribution in [0.5, 0.6) is 0 Å². The van der Waals surface area contributed by atoms with E-state index in [0.29, 0.717) is 22.2 Å². The number of nitrogens with zero attached hydrogens (tertiary/aromatic N) is 1. The van der Waals surface area contributed by atoms with E-state index in [1.807, 2.05) is 0 Å². The monoisotopic (exact) mass is 329 g/mol. The highest BCUT2D eigenvalue weighted by Gasteiger charge is 2.29. The molecule has 0 bridgehead atoms. The topological polar surface area (TPSA) is 46.6 Å². The molecule has 4 nitrogen and oxygen atoms in total. The maximum absolute atomic E-state index is 12.6. The van der Waals surface area contributed by atoms with Gasteiger partial charge in [-0.05, 0) is 37.5 Å². The molecular formula is C15H17Cl2NO3. The number of carbonyl (C=O) groups is 2. The number of amides is 1. The first-order valence-electron chi connectivity index (χ1n) is 6.85. The van der Waals surface area contributed by atoms with Crippen LogP contribution in [-0.2, 0) is 9.53 Å². The van der Waals surface area contributed by atoms with Gasteiger partial charge in [0.1, 0.15) is 0 Å². The van der Waals surface area contributed by atoms with Crippen molar-refractivity contribution in [2.45, 2.75) is 31.7 Å². The minimum atomic E-state index is -0.302. The molecule has 1 atom stereocenters. The molecule has 1 aliphatic heterocycles. The van der Waals surface area contributed by atoms with Gasteiger partial charge in [-0.15, -0.1) is 0 Å². The molecule has 2 rings (SSSR count). The van der Waals surface area contributed by atoms with Crippen molar-refractivity contribution in [2.75, 3.05) is 13.7 Å². The van der Waals surface area contributed by atoms with Gasteiger partial charge in [0, 0.05) is 28.2 Å². The Morgan fingerprint density at radius 1 is 1.24 bits per heavy atom. The Morgan fingerprint density at radius 2 is 1.90 bits per heavy atom. The summed E-state index contributed by atoms with van der Waals surface area (Å²) < 4.78 is 4.71. The fraction of sp³-hybridized carbons (Fsp3) is 0.467. The van der Waals surface area contributed by atoms with Gasteiger partial charge in [0.25, 0.3) is 5.91 Å². The predicted octanol–water partition coefficient (Wildman–Crippen LogP) is 3.55. The summed E-state index contributed by atoms with van der Waals surface area (Å²) in [4.78, 5) is 25.9. The van der Waals surface area contributed by atoms with Gasteiger partial charge in [-0.25, -0.2) is 0 Å². The Labute approximate surface area is 134 Å². The normalized spacial score (nSPS) is 18.4. The Bertz CT molecular complexity index is 527. The number of halogens is 2. The standard InChI is InChI=1S/C15H17Cl2NO3/c1-21-14(19)9-13-4-2-3-5-18(13)15(20)10-6-11(16)8-12(17)7-10/h6-8,13H,2-5,9H2,1H3. The van der Waals surface area contributed by atoms with E-state index >= 15 is 0 Å². The molecule has 1 amide bonds. The van der Waals surface area contributed by atoms with Gasteiger partial charge >= 0.3 is 5.97 Å². The third-order valence-corrected chi connectivity index (χ3v) is 4.06. The molecule has 0 radical (unpaired) electrons. The Hall–Kier alpha value is -1.26. The summed E-state index contributed by atoms with van der Waals surface area (Å²) in [5.74, 6) is -0.447. The number of ether oxygens (including phenoxy) is 1. The molecule has 0 saturated carbocycles. The lowest BCUT2D eigenvalue weighted by Gasteiger charge is -2.35. The van der Waals surface area contributed by atoms with Gasteiger partial charge in [-0.1, -0.05) is 23.2 Å². The Morgan fingerprint density at radius 3 is 2.52 bits per heavy atom. The summed E-state index contributed by atoms with van der Waals surface area (Å²) in [6.07, 6.45) is 2.95. The van der Waals surface area contributed by atoms with E-state index in [2.05, 4.69) is 0 Å². The molecule has 0 N–H and O–H groups in total. The SMILES string of the molecule is COC(=O)CC1CCCCN1C(=O)c1cc(Cl)cc(Cl)c1. The minimum Gasteiger partial charge on any atom is -0.469 e. The number of rotatable bonds is 3. The number of benzene rings is 1. The van der Waals surface area contributed by atoms with Crippen LogP contribution < -0.4 is 0 Å². The summed E-state index contributed by atoms with van der Waals surface area (Å²) in [6.45, 7) is 0.630. The van der Waals surface area contributed by atoms with E-state index in [4.69, 9.17) is 27.9 Å². The fourth-order valence-electron chi connectivity index (χ4n) is 2.60. The second-order valence-corrected chi connectivity index (χ2v) is 5.96. The largest absolute Gasteiger partial charge is 0.469 e. The van der Waals surface area contributed by atoms with E-state index in [0.717, 1.165) is 19.3 Å². The van der Waals surface area contributed by atoms with Crippen LogP contribution in [0.4, 0.5) is 0 Å². The van der Waals surface area contributed by atoms with Gasteiger partial charge in [0.15, 0.2) is 0 Å². The summed E-state index contributed by atoms with van der Waals surface area (Å²) in [7, 11) is 1.36. The van der Waals surface area contributed by atoms with Crippen molar-refractivity contribution >= 4 is 35.1 Å². The third kappa shape index (κ3) is 4.11. The number of methoxy groups -OCH3 is 1. The highest BCUT2D eigenvalue weighted by Crippen LogP contribution is 2.25. The molecule has 1 aliphatic rings. The molecule has 1 heterocycles. The van der Waals surface area contributed by atoms with E-state index in [1.54, 1.807) is 23.1 Å². The van der Waals surface area contributed by atoms with Crippen molar-refractivity contribution in [3.8, 4) is 0 Å². The molecule has 0 aromatic heterocycles. The van der Waals surface area contributed by atoms with Gasteiger partial charge in [-0.3, -0.25) is 9.59 Å². The molecule has 21 heavy (non-hydrogen) atoms. The lowest BCUT2D eigenvalue weighted by atomic mass is 9.98. The first-order chi connectivity index (χ1) is 10.0. The number of esters is 1. The molecule has 1 fully saturated rings. The van der Waals surface area contributed by atoms with Crippen molar-refractivity contribution in [3.63, 3.8) is 0 Å². The summed E-state index contributed by atoms with van der Waals surface area (Å²) in [5, 5.41) is 0.847. The molecule has 1 aromatic rings. The smallest absolute Gasteiger partial charge is 0.307 e. The van der Waals surface area contributed by atoms with Crippen LogP contribution >= 0.6 is 23.2 Å². The van der Waals surface area contributed by atoms with Crippen LogP contribution in [0, 0.1) is 0 Å². The lowest BCUT2D eigenvalue weighted by molar-refractivity contribution is -0.142. The van der Waals surface area contributed by atoms with Crippen LogP contribution in [0.2, 0.25) is 10.0 Å². The second kappa shape index (κ2) is 7.14. The summed E-state index contributed by atoms with van der Waals surface area (Å²) in [5.41, 5.74) is 0.448. The van der Waals surface area contributed by atoms with Crippen molar-refractivity contribution in [1.82, 2.24) is 4.90 Å². The molecule has 1 aromatic carbocycles. The summed E-state index contributed by atoms with van der Waals surface area (Å²) in [6, 6.07) is 4.65. The maximum atomic E-state index is 12.6. The number of hydrogen-bond donors (Lipinski definition) is 0. The lowest BCUT2D eigenvalue weighted by Crippen LogP contribution is -2.44. The zero-order valence-electron chi connectivity index (χ0n) is 11.8. The Kier molecular flexibility index (Phi) is 5.48. The van der Waals surface area contributed by atoms with Gasteiger partial charge in [0.05, 0.1) is 13.5 Å². The highest BCUT2D eigenvalue weighted by atomic mass is 35.5. The van der Waals surface area contributed by atoms with Crippen molar-refractivity contribution in [3.05, 3.63) is 33.8 Å². The zero-order valence-corrected chi connectivity index (χ0v) is 13.3. The second-order valence-electron chi connectivity index (χ2n) is 5.09. The first-order valence-corrected chi connectivity index (χ1v) is 7.60. The van der Waals surface area contributed by atoms with Crippen molar-refractivity contribution in [2.24, 2.45) is 0 Å². The Balaban J connectivity index is 2.19. The maximum Gasteiger partial charge on any atom is 0.307 e. The van der Waals surface area contributed by atoms with E-state index in [1.165, 1.54) is 7.11 Å². The average molecular weight is 330 g/mol. The molecule has 6 heteroatoms. The zero-order chi connectivity index (χ0) is 15.4. The number of hydrogen-bond acceptors (Lipinski definition) is 3. The molecule has 1 unspecified atom stereocenters. The quantitative estimate of drug-likeness (QED) is 0.796. The van der Waals surface area contributed by atoms with Crippen molar-refractivity contribution < 1.29 is 14.3 Å². The molecular weight excluding hydrogens is 313 g/mol. The minimum absolute atomic E-state index is 0.128. The summed E-state index contributed by atoms with van der Waals surface area (Å²) >= 11 is 11.9. The molecule has 0 spiro atoms. The first kappa shape index (κ1) is 16.1. The average Bonchev–Trinajstić information content (AvgIpc) is 2.46. The van der Waals surface area contributed by atoms with Crippen LogP contribution in [0.15, 0.2) is 18.2 Å². The number of piperidine rings is 1. The molecule has 1 saturated heterocycles. The van der Waals surface area contributed by atoms with Crippen LogP contribution in [-0.4, -0.2) is 36.5 Å². The third-order valence-electron chi connectivity index (χ3n) is 3.63. The van der Waals surface area contributed by atoms with Crippen LogP contribution in [0.25, 0.3) is 0 Å². The van der Waals surface area contributed by atoms with Crippen LogP contribution in [0.3, 0.4) is 0 Å². The van der Waals surface area contributed by atoms with E-state index < -0.39 is 0 Å².